The van der Waals surface area contributed by atoms with Gasteiger partial charge in [-0.25, -0.2) is 0 Å². The summed E-state index contributed by atoms with van der Waals surface area (Å²) in [6, 6.07) is 0.490. The largest absolute Gasteiger partial charge is 0.481 e. The molecule has 1 heterocycles. The van der Waals surface area contributed by atoms with Gasteiger partial charge in [0.05, 0.1) is 19.1 Å². The minimum absolute atomic E-state index is 0.0298. The quantitative estimate of drug-likeness (QED) is 0.866. The third kappa shape index (κ3) is 3.78. The first-order valence-corrected chi connectivity index (χ1v) is 8.21. The molecule has 2 rings (SSSR count). The van der Waals surface area contributed by atoms with Gasteiger partial charge in [-0.15, -0.1) is 0 Å². The van der Waals surface area contributed by atoms with Gasteiger partial charge in [-0.1, -0.05) is 34.6 Å². The van der Waals surface area contributed by atoms with E-state index in [2.05, 4.69) is 39.5 Å². The lowest BCUT2D eigenvalue weighted by Gasteiger charge is -2.50. The molecule has 4 nitrogen and oxygen atoms in total. The Morgan fingerprint density at radius 1 is 1.19 bits per heavy atom. The van der Waals surface area contributed by atoms with Gasteiger partial charge < -0.3 is 9.84 Å². The Labute approximate surface area is 128 Å². The molecule has 1 saturated heterocycles. The number of likely N-dealkylation sites (N-methyl/N-ethyl adjacent to an activating group) is 1. The first kappa shape index (κ1) is 16.8. The van der Waals surface area contributed by atoms with Gasteiger partial charge in [0.1, 0.15) is 0 Å². The molecule has 2 fully saturated rings. The molecule has 2 aliphatic rings. The molecular weight excluding hydrogens is 266 g/mol. The fraction of sp³-hybridized carbons (Fsp3) is 0.941. The molecule has 0 radical (unpaired) electrons. The number of hydrogen-bond donors (Lipinski definition) is 1. The third-order valence-electron chi connectivity index (χ3n) is 5.16. The highest BCUT2D eigenvalue weighted by Gasteiger charge is 2.45. The van der Waals surface area contributed by atoms with E-state index >= 15 is 0 Å². The summed E-state index contributed by atoms with van der Waals surface area (Å²) < 4.78 is 5.49. The molecule has 2 atom stereocenters. The number of hydrogen-bond acceptors (Lipinski definition) is 3. The molecule has 4 heteroatoms. The Balaban J connectivity index is 2.18. The Morgan fingerprint density at radius 3 is 2.24 bits per heavy atom. The van der Waals surface area contributed by atoms with E-state index in [1.807, 2.05) is 0 Å². The van der Waals surface area contributed by atoms with Crippen molar-refractivity contribution in [2.24, 2.45) is 16.7 Å². The van der Waals surface area contributed by atoms with Crippen LogP contribution in [0.2, 0.25) is 0 Å². The molecule has 1 aliphatic carbocycles. The maximum absolute atomic E-state index is 11.5. The van der Waals surface area contributed by atoms with Crippen molar-refractivity contribution in [1.29, 1.82) is 0 Å². The van der Waals surface area contributed by atoms with Gasteiger partial charge in [-0.05, 0) is 36.6 Å². The SMILES string of the molecule is CCN(C1CC(C)(C)CC(C)(C)C1)C1COCC1C(=O)O. The molecule has 0 amide bonds. The molecule has 0 aromatic carbocycles. The van der Waals surface area contributed by atoms with Crippen LogP contribution in [0.3, 0.4) is 0 Å². The second-order valence-electron chi connectivity index (χ2n) is 8.45. The van der Waals surface area contributed by atoms with Crippen LogP contribution in [-0.4, -0.2) is 47.8 Å². The van der Waals surface area contributed by atoms with E-state index < -0.39 is 5.97 Å². The topological polar surface area (TPSA) is 49.8 Å². The lowest BCUT2D eigenvalue weighted by Crippen LogP contribution is -2.53. The van der Waals surface area contributed by atoms with Gasteiger partial charge >= 0.3 is 5.97 Å². The third-order valence-corrected chi connectivity index (χ3v) is 5.16. The summed E-state index contributed by atoms with van der Waals surface area (Å²) in [5, 5.41) is 9.43. The van der Waals surface area contributed by atoms with Gasteiger partial charge in [0.2, 0.25) is 0 Å². The van der Waals surface area contributed by atoms with Gasteiger partial charge in [0.25, 0.3) is 0 Å². The number of carboxylic acid groups (broad SMARTS) is 1. The van der Waals surface area contributed by atoms with Crippen molar-refractivity contribution in [3.05, 3.63) is 0 Å². The zero-order valence-corrected chi connectivity index (χ0v) is 14.2. The van der Waals surface area contributed by atoms with Crippen LogP contribution in [0.4, 0.5) is 0 Å². The maximum Gasteiger partial charge on any atom is 0.310 e. The summed E-state index contributed by atoms with van der Waals surface area (Å²) in [6.45, 7) is 13.3. The van der Waals surface area contributed by atoms with E-state index in [1.54, 1.807) is 0 Å². The van der Waals surface area contributed by atoms with Crippen LogP contribution < -0.4 is 0 Å². The Hall–Kier alpha value is -0.610. The zero-order chi connectivity index (χ0) is 15.8. The van der Waals surface area contributed by atoms with Crippen molar-refractivity contribution in [3.8, 4) is 0 Å². The number of carbonyl (C=O) groups is 1. The number of nitrogens with zero attached hydrogens (tertiary/aromatic N) is 1. The number of carboxylic acids is 1. The van der Waals surface area contributed by atoms with Crippen LogP contribution in [0.25, 0.3) is 0 Å². The summed E-state index contributed by atoms with van der Waals surface area (Å²) in [6.07, 6.45) is 3.53. The van der Waals surface area contributed by atoms with Crippen molar-refractivity contribution >= 4 is 5.97 Å². The molecule has 0 spiro atoms. The Morgan fingerprint density at radius 2 is 1.76 bits per heavy atom. The van der Waals surface area contributed by atoms with Crippen molar-refractivity contribution in [2.75, 3.05) is 19.8 Å². The molecule has 0 aromatic rings. The monoisotopic (exact) mass is 297 g/mol. The Bertz CT molecular complexity index is 375. The van der Waals surface area contributed by atoms with Crippen molar-refractivity contribution in [3.63, 3.8) is 0 Å². The summed E-state index contributed by atoms with van der Waals surface area (Å²) in [4.78, 5) is 13.9. The first-order chi connectivity index (χ1) is 9.65. The van der Waals surface area contributed by atoms with E-state index in [0.29, 0.717) is 30.1 Å². The normalized spacial score (nSPS) is 32.5. The first-order valence-electron chi connectivity index (χ1n) is 8.21. The minimum atomic E-state index is -0.717. The van der Waals surface area contributed by atoms with Gasteiger partial charge in [0.15, 0.2) is 0 Å². The molecule has 1 saturated carbocycles. The number of ether oxygens (including phenoxy) is 1. The van der Waals surface area contributed by atoms with Crippen molar-refractivity contribution < 1.29 is 14.6 Å². The minimum Gasteiger partial charge on any atom is -0.481 e. The molecule has 1 N–H and O–H groups in total. The standard InChI is InChI=1S/C17H31NO3/c1-6-18(14-10-21-9-13(14)15(19)20)12-7-16(2,3)11-17(4,5)8-12/h12-14H,6-11H2,1-5H3,(H,19,20). The summed E-state index contributed by atoms with van der Waals surface area (Å²) in [5.41, 5.74) is 0.635. The average molecular weight is 297 g/mol. The number of aliphatic carboxylic acids is 1. The lowest BCUT2D eigenvalue weighted by atomic mass is 9.63. The van der Waals surface area contributed by atoms with Crippen molar-refractivity contribution in [2.45, 2.75) is 66.0 Å². The lowest BCUT2D eigenvalue weighted by molar-refractivity contribution is -0.143. The highest BCUT2D eigenvalue weighted by atomic mass is 16.5. The van der Waals surface area contributed by atoms with Gasteiger partial charge in [-0.3, -0.25) is 9.69 Å². The molecule has 0 aromatic heterocycles. The predicted molar refractivity (Wildman–Crippen MR) is 83.3 cm³/mol. The van der Waals surface area contributed by atoms with Crippen LogP contribution in [0.15, 0.2) is 0 Å². The average Bonchev–Trinajstić information content (AvgIpc) is 2.74. The van der Waals surface area contributed by atoms with E-state index in [9.17, 15) is 9.90 Å². The maximum atomic E-state index is 11.5. The molecular formula is C17H31NO3. The molecule has 0 bridgehead atoms. The predicted octanol–water partition coefficient (Wildman–Crippen LogP) is 3.01. The van der Waals surface area contributed by atoms with E-state index in [-0.39, 0.29) is 12.0 Å². The smallest absolute Gasteiger partial charge is 0.310 e. The van der Waals surface area contributed by atoms with Crippen LogP contribution in [0.1, 0.15) is 53.9 Å². The van der Waals surface area contributed by atoms with Crippen LogP contribution >= 0.6 is 0 Å². The molecule has 21 heavy (non-hydrogen) atoms. The fourth-order valence-corrected chi connectivity index (χ4v) is 4.89. The highest BCUT2D eigenvalue weighted by molar-refractivity contribution is 5.71. The van der Waals surface area contributed by atoms with E-state index in [0.717, 1.165) is 19.4 Å². The van der Waals surface area contributed by atoms with Gasteiger partial charge in [-0.2, -0.15) is 0 Å². The second-order valence-corrected chi connectivity index (χ2v) is 8.45. The van der Waals surface area contributed by atoms with E-state index in [1.165, 1.54) is 6.42 Å². The molecule has 1 aliphatic heterocycles. The summed E-state index contributed by atoms with van der Waals surface area (Å²) >= 11 is 0. The molecule has 2 unspecified atom stereocenters. The summed E-state index contributed by atoms with van der Waals surface area (Å²) in [5.74, 6) is -1.09. The number of rotatable bonds is 4. The highest BCUT2D eigenvalue weighted by Crippen LogP contribution is 2.47. The van der Waals surface area contributed by atoms with Crippen molar-refractivity contribution in [1.82, 2.24) is 4.90 Å². The molecule has 122 valence electrons. The van der Waals surface area contributed by atoms with Crippen LogP contribution in [0, 0.1) is 16.7 Å². The second kappa shape index (κ2) is 5.88. The fourth-order valence-electron chi connectivity index (χ4n) is 4.89. The van der Waals surface area contributed by atoms with Crippen LogP contribution in [-0.2, 0) is 9.53 Å². The zero-order valence-electron chi connectivity index (χ0n) is 14.2. The van der Waals surface area contributed by atoms with E-state index in [4.69, 9.17) is 4.74 Å². The van der Waals surface area contributed by atoms with Gasteiger partial charge in [0, 0.05) is 12.1 Å². The van der Waals surface area contributed by atoms with Crippen LogP contribution in [0.5, 0.6) is 0 Å². The Kier molecular flexibility index (Phi) is 4.69. The summed E-state index contributed by atoms with van der Waals surface area (Å²) in [7, 11) is 0.